The normalized spacial score (nSPS) is 19.2. The van der Waals surface area contributed by atoms with Crippen LogP contribution in [0.2, 0.25) is 0 Å². The molecule has 0 spiro atoms. The van der Waals surface area contributed by atoms with E-state index in [2.05, 4.69) is 47.8 Å². The third-order valence-electron chi connectivity index (χ3n) is 4.51. The van der Waals surface area contributed by atoms with Crippen molar-refractivity contribution in [3.05, 3.63) is 77.4 Å². The minimum atomic E-state index is 0.514. The summed E-state index contributed by atoms with van der Waals surface area (Å²) < 4.78 is 5.93. The van der Waals surface area contributed by atoms with E-state index in [0.717, 1.165) is 18.7 Å². The van der Waals surface area contributed by atoms with Crippen molar-refractivity contribution >= 4 is 0 Å². The van der Waals surface area contributed by atoms with Crippen molar-refractivity contribution in [1.29, 1.82) is 0 Å². The molecule has 22 heavy (non-hydrogen) atoms. The van der Waals surface area contributed by atoms with Crippen molar-refractivity contribution in [1.82, 2.24) is 5.32 Å². The first kappa shape index (κ1) is 13.6. The molecule has 0 fully saturated rings. The average molecular weight is 291 g/mol. The second-order valence-corrected chi connectivity index (χ2v) is 6.18. The molecule has 4 rings (SSSR count). The highest BCUT2D eigenvalue weighted by molar-refractivity contribution is 5.41. The Bertz CT molecular complexity index is 671. The highest BCUT2D eigenvalue weighted by Gasteiger charge is 2.23. The minimum absolute atomic E-state index is 0.514. The molecule has 2 aromatic carbocycles. The van der Waals surface area contributed by atoms with Gasteiger partial charge in [-0.15, -0.1) is 0 Å². The fraction of sp³-hybridized carbons (Fsp3) is 0.300. The first-order chi connectivity index (χ1) is 10.9. The van der Waals surface area contributed by atoms with E-state index in [1.807, 2.05) is 18.2 Å². The molecule has 2 aliphatic carbocycles. The highest BCUT2D eigenvalue weighted by atomic mass is 16.5. The summed E-state index contributed by atoms with van der Waals surface area (Å²) >= 11 is 0. The largest absolute Gasteiger partial charge is 0.489 e. The van der Waals surface area contributed by atoms with Gasteiger partial charge >= 0.3 is 0 Å². The lowest BCUT2D eigenvalue weighted by molar-refractivity contribution is 0.306. The summed E-state index contributed by atoms with van der Waals surface area (Å²) in [5.41, 5.74) is 4.10. The first-order valence-electron chi connectivity index (χ1n) is 8.10. The number of hydrogen-bond donors (Lipinski definition) is 1. The SMILES string of the molecule is C1=CC1CNC1CCc2cc(OCc3ccccc3)ccc21. The standard InChI is InChI=1S/C20H21NO/c1-2-4-16(5-3-1)14-22-18-9-10-19-17(12-18)8-11-20(19)21-13-15-6-7-15/h1-7,9-10,12,15,20-21H,8,11,13-14H2. The number of aryl methyl sites for hydroxylation is 1. The molecule has 2 aliphatic rings. The molecule has 0 saturated heterocycles. The Kier molecular flexibility index (Phi) is 3.69. The van der Waals surface area contributed by atoms with E-state index < -0.39 is 0 Å². The van der Waals surface area contributed by atoms with E-state index in [1.54, 1.807) is 0 Å². The second-order valence-electron chi connectivity index (χ2n) is 6.18. The van der Waals surface area contributed by atoms with E-state index in [-0.39, 0.29) is 0 Å². The summed E-state index contributed by atoms with van der Waals surface area (Å²) in [6, 6.07) is 17.4. The lowest BCUT2D eigenvalue weighted by Crippen LogP contribution is -2.21. The maximum absolute atomic E-state index is 5.93. The van der Waals surface area contributed by atoms with Crippen LogP contribution in [-0.2, 0) is 13.0 Å². The van der Waals surface area contributed by atoms with Crippen LogP contribution >= 0.6 is 0 Å². The van der Waals surface area contributed by atoms with Crippen molar-refractivity contribution in [2.45, 2.75) is 25.5 Å². The molecule has 0 heterocycles. The Balaban J connectivity index is 1.39. The van der Waals surface area contributed by atoms with Crippen LogP contribution in [0.15, 0.2) is 60.7 Å². The van der Waals surface area contributed by atoms with Gasteiger partial charge in [0.05, 0.1) is 0 Å². The van der Waals surface area contributed by atoms with Gasteiger partial charge in [-0.1, -0.05) is 48.6 Å². The first-order valence-corrected chi connectivity index (χ1v) is 8.10. The molecule has 1 atom stereocenters. The van der Waals surface area contributed by atoms with Crippen LogP contribution in [0, 0.1) is 5.92 Å². The van der Waals surface area contributed by atoms with Crippen molar-refractivity contribution in [2.24, 2.45) is 5.92 Å². The maximum Gasteiger partial charge on any atom is 0.120 e. The van der Waals surface area contributed by atoms with E-state index in [9.17, 15) is 0 Å². The van der Waals surface area contributed by atoms with Crippen molar-refractivity contribution in [3.63, 3.8) is 0 Å². The fourth-order valence-corrected chi connectivity index (χ4v) is 3.13. The summed E-state index contributed by atoms with van der Waals surface area (Å²) in [6.45, 7) is 1.71. The number of nitrogens with one attached hydrogen (secondary N) is 1. The molecule has 2 nitrogen and oxygen atoms in total. The van der Waals surface area contributed by atoms with Gasteiger partial charge in [0.15, 0.2) is 0 Å². The van der Waals surface area contributed by atoms with Crippen LogP contribution in [-0.4, -0.2) is 6.54 Å². The molecule has 1 N–H and O–H groups in total. The summed E-state index contributed by atoms with van der Waals surface area (Å²) in [6.07, 6.45) is 6.85. The Morgan fingerprint density at radius 2 is 1.91 bits per heavy atom. The number of hydrogen-bond acceptors (Lipinski definition) is 2. The summed E-state index contributed by atoms with van der Waals surface area (Å²) in [5, 5.41) is 3.67. The lowest BCUT2D eigenvalue weighted by atomic mass is 10.1. The Labute approximate surface area is 131 Å². The molecule has 2 heteroatoms. The van der Waals surface area contributed by atoms with Crippen LogP contribution in [0.3, 0.4) is 0 Å². The second kappa shape index (κ2) is 5.98. The summed E-state index contributed by atoms with van der Waals surface area (Å²) in [4.78, 5) is 0. The minimum Gasteiger partial charge on any atom is -0.489 e. The van der Waals surface area contributed by atoms with Crippen LogP contribution in [0.1, 0.15) is 29.2 Å². The van der Waals surface area contributed by atoms with E-state index >= 15 is 0 Å². The third kappa shape index (κ3) is 3.07. The maximum atomic E-state index is 5.93. The molecular weight excluding hydrogens is 270 g/mol. The van der Waals surface area contributed by atoms with Crippen molar-refractivity contribution < 1.29 is 4.74 Å². The van der Waals surface area contributed by atoms with Gasteiger partial charge in [-0.2, -0.15) is 0 Å². The van der Waals surface area contributed by atoms with Crippen molar-refractivity contribution in [3.8, 4) is 5.75 Å². The Morgan fingerprint density at radius 1 is 1.05 bits per heavy atom. The van der Waals surface area contributed by atoms with E-state index in [1.165, 1.54) is 23.1 Å². The lowest BCUT2D eigenvalue weighted by Gasteiger charge is -2.14. The van der Waals surface area contributed by atoms with Crippen LogP contribution in [0.25, 0.3) is 0 Å². The number of ether oxygens (including phenoxy) is 1. The molecule has 112 valence electrons. The zero-order valence-corrected chi connectivity index (χ0v) is 12.7. The van der Waals surface area contributed by atoms with Crippen LogP contribution < -0.4 is 10.1 Å². The number of rotatable bonds is 6. The zero-order chi connectivity index (χ0) is 14.8. The molecule has 0 saturated carbocycles. The van der Waals surface area contributed by atoms with Crippen LogP contribution in [0.5, 0.6) is 5.75 Å². The molecule has 1 unspecified atom stereocenters. The van der Waals surface area contributed by atoms with Gasteiger partial charge in [0.25, 0.3) is 0 Å². The average Bonchev–Trinajstić information content (AvgIpc) is 3.31. The molecule has 0 aromatic heterocycles. The predicted octanol–water partition coefficient (Wildman–Crippen LogP) is 4.03. The molecule has 0 aliphatic heterocycles. The van der Waals surface area contributed by atoms with Gasteiger partial charge in [0.1, 0.15) is 12.4 Å². The van der Waals surface area contributed by atoms with Gasteiger partial charge < -0.3 is 10.1 Å². The van der Waals surface area contributed by atoms with Crippen LogP contribution in [0.4, 0.5) is 0 Å². The molecule has 0 radical (unpaired) electrons. The van der Waals surface area contributed by atoms with E-state index in [4.69, 9.17) is 4.74 Å². The molecular formula is C20H21NO. The highest BCUT2D eigenvalue weighted by Crippen LogP contribution is 2.34. The number of benzene rings is 2. The zero-order valence-electron chi connectivity index (χ0n) is 12.7. The van der Waals surface area contributed by atoms with Crippen molar-refractivity contribution in [2.75, 3.05) is 6.54 Å². The molecule has 0 bridgehead atoms. The molecule has 2 aromatic rings. The smallest absolute Gasteiger partial charge is 0.120 e. The van der Waals surface area contributed by atoms with Gasteiger partial charge in [-0.05, 0) is 41.7 Å². The van der Waals surface area contributed by atoms with Gasteiger partial charge in [-0.25, -0.2) is 0 Å². The molecule has 0 amide bonds. The topological polar surface area (TPSA) is 21.3 Å². The van der Waals surface area contributed by atoms with Gasteiger partial charge in [0, 0.05) is 18.5 Å². The number of fused-ring (bicyclic) bond motifs is 1. The monoisotopic (exact) mass is 291 g/mol. The summed E-state index contributed by atoms with van der Waals surface area (Å²) in [7, 11) is 0. The van der Waals surface area contributed by atoms with Gasteiger partial charge in [-0.3, -0.25) is 0 Å². The quantitative estimate of drug-likeness (QED) is 0.811. The fourth-order valence-electron chi connectivity index (χ4n) is 3.13. The Morgan fingerprint density at radius 3 is 2.73 bits per heavy atom. The predicted molar refractivity (Wildman–Crippen MR) is 88.9 cm³/mol. The summed E-state index contributed by atoms with van der Waals surface area (Å²) in [5.74, 6) is 1.67. The third-order valence-corrected chi connectivity index (χ3v) is 4.51. The van der Waals surface area contributed by atoms with E-state index in [0.29, 0.717) is 18.6 Å². The Hall–Kier alpha value is -2.06. The van der Waals surface area contributed by atoms with Gasteiger partial charge in [0.2, 0.25) is 0 Å².